The van der Waals surface area contributed by atoms with E-state index in [-0.39, 0.29) is 17.3 Å². The molecule has 0 bridgehead atoms. The maximum absolute atomic E-state index is 13.1. The maximum Gasteiger partial charge on any atom is 0.173 e. The van der Waals surface area contributed by atoms with E-state index in [1.54, 1.807) is 18.2 Å². The first-order valence-electron chi connectivity index (χ1n) is 5.41. The monoisotopic (exact) mass is 342 g/mol. The van der Waals surface area contributed by atoms with Crippen LogP contribution in [0.15, 0.2) is 46.0 Å². The quantitative estimate of drug-likeness (QED) is 0.387. The second-order valence-corrected chi connectivity index (χ2v) is 4.72. The Balaban J connectivity index is 2.41. The summed E-state index contributed by atoms with van der Waals surface area (Å²) in [7, 11) is 0. The van der Waals surface area contributed by atoms with Gasteiger partial charge >= 0.3 is 0 Å². The van der Waals surface area contributed by atoms with Gasteiger partial charge in [-0.05, 0) is 30.3 Å². The Bertz CT molecular complexity index is 677. The van der Waals surface area contributed by atoms with Crippen LogP contribution in [0.2, 0.25) is 0 Å². The van der Waals surface area contributed by atoms with Crippen molar-refractivity contribution in [3.63, 3.8) is 0 Å². The van der Waals surface area contributed by atoms with Crippen LogP contribution >= 0.6 is 15.9 Å². The van der Waals surface area contributed by atoms with Gasteiger partial charge in [0, 0.05) is 10.5 Å². The van der Waals surface area contributed by atoms with E-state index in [0.717, 1.165) is 12.1 Å². The van der Waals surface area contributed by atoms with Gasteiger partial charge in [0.2, 0.25) is 0 Å². The summed E-state index contributed by atoms with van der Waals surface area (Å²) in [6, 6.07) is 7.93. The van der Waals surface area contributed by atoms with Crippen LogP contribution in [-0.2, 0) is 0 Å². The molecule has 0 aliphatic carbocycles. The summed E-state index contributed by atoms with van der Waals surface area (Å²) >= 11 is 3.25. The van der Waals surface area contributed by atoms with Crippen LogP contribution < -0.4 is 10.5 Å². The van der Waals surface area contributed by atoms with E-state index in [0.29, 0.717) is 10.0 Å². The van der Waals surface area contributed by atoms with E-state index in [1.165, 1.54) is 6.07 Å². The number of ether oxygens (including phenoxy) is 1. The molecule has 0 unspecified atom stereocenters. The molecule has 0 radical (unpaired) electrons. The molecule has 0 amide bonds. The number of rotatable bonds is 3. The van der Waals surface area contributed by atoms with Crippen LogP contribution in [0.3, 0.4) is 0 Å². The van der Waals surface area contributed by atoms with Crippen LogP contribution in [0.5, 0.6) is 11.5 Å². The summed E-state index contributed by atoms with van der Waals surface area (Å²) in [5.74, 6) is -1.82. The minimum absolute atomic E-state index is 0.0917. The van der Waals surface area contributed by atoms with Gasteiger partial charge in [0.05, 0.1) is 5.56 Å². The van der Waals surface area contributed by atoms with Gasteiger partial charge in [-0.1, -0.05) is 21.1 Å². The van der Waals surface area contributed by atoms with Crippen molar-refractivity contribution in [3.8, 4) is 11.5 Å². The fraction of sp³-hybridized carbons (Fsp3) is 0. The number of benzene rings is 2. The fourth-order valence-electron chi connectivity index (χ4n) is 1.51. The molecule has 0 atom stereocenters. The third-order valence-corrected chi connectivity index (χ3v) is 2.94. The number of amidine groups is 1. The second-order valence-electron chi connectivity index (χ2n) is 3.80. The molecule has 0 saturated heterocycles. The summed E-state index contributed by atoms with van der Waals surface area (Å²) in [6.07, 6.45) is 0. The van der Waals surface area contributed by atoms with Crippen molar-refractivity contribution in [3.05, 3.63) is 58.1 Å². The van der Waals surface area contributed by atoms with Crippen molar-refractivity contribution >= 4 is 21.8 Å². The highest BCUT2D eigenvalue weighted by Gasteiger charge is 2.11. The lowest BCUT2D eigenvalue weighted by Gasteiger charge is -2.11. The molecule has 4 nitrogen and oxygen atoms in total. The molecule has 20 heavy (non-hydrogen) atoms. The van der Waals surface area contributed by atoms with E-state index in [4.69, 9.17) is 15.7 Å². The first kappa shape index (κ1) is 14.3. The van der Waals surface area contributed by atoms with Crippen LogP contribution in [0.25, 0.3) is 0 Å². The Morgan fingerprint density at radius 3 is 2.55 bits per heavy atom. The molecule has 0 heterocycles. The Morgan fingerprint density at radius 1 is 1.15 bits per heavy atom. The van der Waals surface area contributed by atoms with Crippen LogP contribution in [0, 0.1) is 11.6 Å². The van der Waals surface area contributed by atoms with Crippen molar-refractivity contribution in [2.75, 3.05) is 0 Å². The molecule has 0 fully saturated rings. The van der Waals surface area contributed by atoms with Gasteiger partial charge in [-0.25, -0.2) is 8.78 Å². The highest BCUT2D eigenvalue weighted by atomic mass is 79.9. The number of nitrogens with two attached hydrogens (primary N) is 1. The molecule has 0 aromatic heterocycles. The Hall–Kier alpha value is -2.15. The summed E-state index contributed by atoms with van der Waals surface area (Å²) in [5.41, 5.74) is 5.84. The first-order valence-corrected chi connectivity index (χ1v) is 6.21. The molecular weight excluding hydrogens is 334 g/mol. The lowest BCUT2D eigenvalue weighted by atomic mass is 10.2. The predicted octanol–water partition coefficient (Wildman–Crippen LogP) is 3.61. The zero-order chi connectivity index (χ0) is 14.7. The number of hydrogen-bond donors (Lipinski definition) is 2. The molecule has 2 aromatic rings. The smallest absolute Gasteiger partial charge is 0.173 e. The normalized spacial score (nSPS) is 11.4. The standard InChI is InChI=1S/C13H9BrF2N2O2/c14-7-1-3-9(13(17)18-19)12(5-7)20-8-2-4-10(15)11(16)6-8/h1-6,19H,(H2,17,18). The van der Waals surface area contributed by atoms with Crippen molar-refractivity contribution < 1.29 is 18.7 Å². The maximum atomic E-state index is 13.1. The molecule has 0 spiro atoms. The Morgan fingerprint density at radius 2 is 1.90 bits per heavy atom. The zero-order valence-corrected chi connectivity index (χ0v) is 11.6. The molecule has 0 aliphatic heterocycles. The van der Waals surface area contributed by atoms with Crippen molar-refractivity contribution in [1.29, 1.82) is 0 Å². The van der Waals surface area contributed by atoms with E-state index in [1.807, 2.05) is 0 Å². The average molecular weight is 343 g/mol. The molecule has 2 rings (SSSR count). The van der Waals surface area contributed by atoms with E-state index >= 15 is 0 Å². The second kappa shape index (κ2) is 5.87. The lowest BCUT2D eigenvalue weighted by Crippen LogP contribution is -2.14. The molecule has 7 heteroatoms. The molecule has 0 aliphatic rings. The average Bonchev–Trinajstić information content (AvgIpc) is 2.42. The van der Waals surface area contributed by atoms with E-state index in [2.05, 4.69) is 21.1 Å². The van der Waals surface area contributed by atoms with E-state index < -0.39 is 11.6 Å². The fourth-order valence-corrected chi connectivity index (χ4v) is 1.85. The van der Waals surface area contributed by atoms with Gasteiger partial charge in [-0.2, -0.15) is 0 Å². The SMILES string of the molecule is N/C(=N/O)c1ccc(Br)cc1Oc1ccc(F)c(F)c1. The number of oxime groups is 1. The molecule has 104 valence electrons. The molecule has 3 N–H and O–H groups in total. The summed E-state index contributed by atoms with van der Waals surface area (Å²) in [5, 5.41) is 11.6. The highest BCUT2D eigenvalue weighted by Crippen LogP contribution is 2.29. The third kappa shape index (κ3) is 3.05. The third-order valence-electron chi connectivity index (χ3n) is 2.45. The summed E-state index contributed by atoms with van der Waals surface area (Å²) < 4.78 is 32.1. The molecule has 0 saturated carbocycles. The molecule has 2 aromatic carbocycles. The van der Waals surface area contributed by atoms with Crippen molar-refractivity contribution in [1.82, 2.24) is 0 Å². The summed E-state index contributed by atoms with van der Waals surface area (Å²) in [4.78, 5) is 0. The minimum Gasteiger partial charge on any atom is -0.456 e. The number of hydrogen-bond acceptors (Lipinski definition) is 3. The van der Waals surface area contributed by atoms with Gasteiger partial charge in [0.25, 0.3) is 0 Å². The molecular formula is C13H9BrF2N2O2. The lowest BCUT2D eigenvalue weighted by molar-refractivity contribution is 0.318. The van der Waals surface area contributed by atoms with Gasteiger partial charge in [-0.3, -0.25) is 0 Å². The van der Waals surface area contributed by atoms with Crippen LogP contribution in [0.4, 0.5) is 8.78 Å². The predicted molar refractivity (Wildman–Crippen MR) is 73.1 cm³/mol. The number of halogens is 3. The first-order chi connectivity index (χ1) is 9.51. The topological polar surface area (TPSA) is 67.8 Å². The largest absolute Gasteiger partial charge is 0.456 e. The van der Waals surface area contributed by atoms with Gasteiger partial charge in [0.15, 0.2) is 17.5 Å². The highest BCUT2D eigenvalue weighted by molar-refractivity contribution is 9.10. The Labute approximate surface area is 121 Å². The van der Waals surface area contributed by atoms with Crippen molar-refractivity contribution in [2.24, 2.45) is 10.9 Å². The summed E-state index contributed by atoms with van der Waals surface area (Å²) in [6.45, 7) is 0. The minimum atomic E-state index is -1.03. The van der Waals surface area contributed by atoms with E-state index in [9.17, 15) is 8.78 Å². The van der Waals surface area contributed by atoms with Gasteiger partial charge in [-0.15, -0.1) is 0 Å². The Kier molecular flexibility index (Phi) is 4.19. The van der Waals surface area contributed by atoms with Gasteiger partial charge < -0.3 is 15.7 Å². The van der Waals surface area contributed by atoms with Crippen LogP contribution in [0.1, 0.15) is 5.56 Å². The number of nitrogens with zero attached hydrogens (tertiary/aromatic N) is 1. The van der Waals surface area contributed by atoms with Gasteiger partial charge in [0.1, 0.15) is 11.5 Å². The zero-order valence-electron chi connectivity index (χ0n) is 9.98. The van der Waals surface area contributed by atoms with Crippen LogP contribution in [-0.4, -0.2) is 11.0 Å². The van der Waals surface area contributed by atoms with Crippen molar-refractivity contribution in [2.45, 2.75) is 0 Å².